The molecule has 0 unspecified atom stereocenters. The molecule has 0 atom stereocenters. The Kier molecular flexibility index (Phi) is 6.48. The molecule has 1 saturated heterocycles. The topological polar surface area (TPSA) is 82.2 Å². The van der Waals surface area contributed by atoms with Crippen LogP contribution in [0, 0.1) is 12.3 Å². The summed E-state index contributed by atoms with van der Waals surface area (Å²) in [5.41, 5.74) is 10.1. The molecule has 5 nitrogen and oxygen atoms in total. The maximum atomic E-state index is 12.6. The van der Waals surface area contributed by atoms with Crippen LogP contribution in [-0.4, -0.2) is 36.3 Å². The number of amidine groups is 1. The molecule has 1 amide bonds. The van der Waals surface area contributed by atoms with E-state index in [1.54, 1.807) is 0 Å². The molecule has 28 heavy (non-hydrogen) atoms. The molecule has 0 radical (unpaired) electrons. The first-order valence-corrected chi connectivity index (χ1v) is 9.79. The molecule has 2 aromatic carbocycles. The molecule has 146 valence electrons. The predicted molar refractivity (Wildman–Crippen MR) is 116 cm³/mol. The molecule has 4 N–H and O–H groups in total. The quantitative estimate of drug-likeness (QED) is 0.388. The molecule has 0 aromatic heterocycles. The summed E-state index contributed by atoms with van der Waals surface area (Å²) in [6.45, 7) is 4.55. The summed E-state index contributed by atoms with van der Waals surface area (Å²) < 4.78 is 0. The van der Waals surface area contributed by atoms with Crippen molar-refractivity contribution in [1.82, 2.24) is 4.90 Å². The minimum absolute atomic E-state index is 0.0746. The number of carbonyl (C=O) groups excluding carboxylic acids is 1. The van der Waals surface area contributed by atoms with E-state index in [1.807, 2.05) is 48.2 Å². The fourth-order valence-electron chi connectivity index (χ4n) is 3.44. The monoisotopic (exact) mass is 376 g/mol. The molecule has 0 aliphatic carbocycles. The van der Waals surface area contributed by atoms with Crippen LogP contribution in [0.5, 0.6) is 0 Å². The highest BCUT2D eigenvalue weighted by Crippen LogP contribution is 2.18. The van der Waals surface area contributed by atoms with Crippen molar-refractivity contribution in [3.8, 4) is 0 Å². The van der Waals surface area contributed by atoms with E-state index in [-0.39, 0.29) is 11.7 Å². The lowest BCUT2D eigenvalue weighted by molar-refractivity contribution is 0.0792. The van der Waals surface area contributed by atoms with Gasteiger partial charge >= 0.3 is 0 Å². The van der Waals surface area contributed by atoms with Crippen LogP contribution >= 0.6 is 0 Å². The summed E-state index contributed by atoms with van der Waals surface area (Å²) >= 11 is 0. The molecule has 1 fully saturated rings. The summed E-state index contributed by atoms with van der Waals surface area (Å²) in [7, 11) is 0. The van der Waals surface area contributed by atoms with Gasteiger partial charge in [0.1, 0.15) is 5.84 Å². The van der Waals surface area contributed by atoms with Gasteiger partial charge in [0.25, 0.3) is 5.91 Å². The number of nitrogen functional groups attached to an aromatic ring is 1. The molecule has 0 spiro atoms. The largest absolute Gasteiger partial charge is 0.385 e. The highest BCUT2D eigenvalue weighted by atomic mass is 16.2. The zero-order valence-electron chi connectivity index (χ0n) is 16.4. The van der Waals surface area contributed by atoms with Crippen molar-refractivity contribution in [2.24, 2.45) is 5.73 Å². The van der Waals surface area contributed by atoms with E-state index < -0.39 is 0 Å². The minimum atomic E-state index is 0.0746. The fourth-order valence-corrected chi connectivity index (χ4v) is 3.44. The third-order valence-corrected chi connectivity index (χ3v) is 5.00. The number of nitrogens with two attached hydrogens (primary N) is 1. The molecule has 3 rings (SSSR count). The van der Waals surface area contributed by atoms with Crippen molar-refractivity contribution in [1.29, 1.82) is 5.41 Å². The van der Waals surface area contributed by atoms with Crippen molar-refractivity contribution >= 4 is 23.5 Å². The molecule has 1 aliphatic heterocycles. The van der Waals surface area contributed by atoms with Gasteiger partial charge in [-0.1, -0.05) is 36.4 Å². The SMILES string of the molecule is Cc1cc(C=CCCNc2cccc(C(=N)N)c2)ccc1C(=O)N1CCCC1. The van der Waals surface area contributed by atoms with Crippen molar-refractivity contribution in [3.63, 3.8) is 0 Å². The third-order valence-electron chi connectivity index (χ3n) is 5.00. The number of amides is 1. The molecule has 1 heterocycles. The van der Waals surface area contributed by atoms with E-state index in [1.165, 1.54) is 0 Å². The Hall–Kier alpha value is -3.08. The Morgan fingerprint density at radius 1 is 1.21 bits per heavy atom. The second-order valence-corrected chi connectivity index (χ2v) is 7.19. The summed E-state index contributed by atoms with van der Waals surface area (Å²) in [6.07, 6.45) is 7.30. The van der Waals surface area contributed by atoms with Crippen molar-refractivity contribution in [3.05, 3.63) is 70.8 Å². The maximum Gasteiger partial charge on any atom is 0.254 e. The van der Waals surface area contributed by atoms with Gasteiger partial charge in [0.2, 0.25) is 0 Å². The zero-order valence-corrected chi connectivity index (χ0v) is 16.4. The first kappa shape index (κ1) is 19.7. The first-order chi connectivity index (χ1) is 13.5. The van der Waals surface area contributed by atoms with E-state index in [4.69, 9.17) is 11.1 Å². The smallest absolute Gasteiger partial charge is 0.254 e. The Morgan fingerprint density at radius 3 is 2.71 bits per heavy atom. The Balaban J connectivity index is 1.52. The van der Waals surface area contributed by atoms with Gasteiger partial charge in [0.15, 0.2) is 0 Å². The Labute approximate surface area is 166 Å². The number of carbonyl (C=O) groups is 1. The number of nitrogens with zero attached hydrogens (tertiary/aromatic N) is 1. The molecule has 0 bridgehead atoms. The van der Waals surface area contributed by atoms with Crippen LogP contribution in [0.2, 0.25) is 0 Å². The van der Waals surface area contributed by atoms with Crippen LogP contribution in [0.25, 0.3) is 6.08 Å². The number of hydrogen-bond acceptors (Lipinski definition) is 3. The van der Waals surface area contributed by atoms with Crippen molar-refractivity contribution < 1.29 is 4.79 Å². The molecule has 1 aliphatic rings. The van der Waals surface area contributed by atoms with Crippen LogP contribution < -0.4 is 11.1 Å². The van der Waals surface area contributed by atoms with Gasteiger partial charge in [-0.2, -0.15) is 0 Å². The number of anilines is 1. The van der Waals surface area contributed by atoms with Crippen LogP contribution in [-0.2, 0) is 0 Å². The van der Waals surface area contributed by atoms with Crippen LogP contribution in [0.15, 0.2) is 48.5 Å². The highest BCUT2D eigenvalue weighted by molar-refractivity contribution is 5.96. The molecule has 2 aromatic rings. The van der Waals surface area contributed by atoms with Crippen LogP contribution in [0.4, 0.5) is 5.69 Å². The number of nitrogens with one attached hydrogen (secondary N) is 2. The zero-order chi connectivity index (χ0) is 19.9. The maximum absolute atomic E-state index is 12.6. The Morgan fingerprint density at radius 2 is 2.00 bits per heavy atom. The van der Waals surface area contributed by atoms with Gasteiger partial charge in [-0.3, -0.25) is 10.2 Å². The lowest BCUT2D eigenvalue weighted by Gasteiger charge is -2.16. The number of likely N-dealkylation sites (tertiary alicyclic amines) is 1. The normalized spacial score (nSPS) is 13.8. The van der Waals surface area contributed by atoms with E-state index in [2.05, 4.69) is 23.5 Å². The van der Waals surface area contributed by atoms with Gasteiger partial charge in [-0.25, -0.2) is 0 Å². The molecular weight excluding hydrogens is 348 g/mol. The summed E-state index contributed by atoms with van der Waals surface area (Å²) in [6, 6.07) is 13.6. The van der Waals surface area contributed by atoms with Crippen molar-refractivity contribution in [2.45, 2.75) is 26.2 Å². The second kappa shape index (κ2) is 9.22. The lowest BCUT2D eigenvalue weighted by Crippen LogP contribution is -2.28. The van der Waals surface area contributed by atoms with Gasteiger partial charge in [0, 0.05) is 36.4 Å². The molecular formula is C23H28N4O. The van der Waals surface area contributed by atoms with Gasteiger partial charge in [-0.05, 0) is 55.5 Å². The number of benzene rings is 2. The lowest BCUT2D eigenvalue weighted by atomic mass is 10.0. The number of rotatable bonds is 7. The number of hydrogen-bond donors (Lipinski definition) is 3. The van der Waals surface area contributed by atoms with E-state index in [0.717, 1.165) is 66.8 Å². The standard InChI is InChI=1S/C23H28N4O/c1-17-15-18(10-11-21(17)23(28)27-13-4-5-14-27)7-2-3-12-26-20-9-6-8-19(16-20)22(24)25/h2,6-11,15-16,26H,3-5,12-14H2,1H3,(H3,24,25). The molecule has 0 saturated carbocycles. The van der Waals surface area contributed by atoms with E-state index in [0.29, 0.717) is 0 Å². The third kappa shape index (κ3) is 5.00. The Bertz CT molecular complexity index is 882. The van der Waals surface area contributed by atoms with E-state index in [9.17, 15) is 4.79 Å². The van der Waals surface area contributed by atoms with Gasteiger partial charge < -0.3 is 16.0 Å². The fraction of sp³-hybridized carbons (Fsp3) is 0.304. The van der Waals surface area contributed by atoms with E-state index >= 15 is 0 Å². The second-order valence-electron chi connectivity index (χ2n) is 7.19. The van der Waals surface area contributed by atoms with Gasteiger partial charge in [-0.15, -0.1) is 0 Å². The summed E-state index contributed by atoms with van der Waals surface area (Å²) in [4.78, 5) is 14.5. The average molecular weight is 377 g/mol. The van der Waals surface area contributed by atoms with Crippen LogP contribution in [0.1, 0.15) is 46.3 Å². The highest BCUT2D eigenvalue weighted by Gasteiger charge is 2.20. The summed E-state index contributed by atoms with van der Waals surface area (Å²) in [5, 5.41) is 10.8. The van der Waals surface area contributed by atoms with Crippen molar-refractivity contribution in [2.75, 3.05) is 25.0 Å². The first-order valence-electron chi connectivity index (χ1n) is 9.79. The molecule has 5 heteroatoms. The predicted octanol–water partition coefficient (Wildman–Crippen LogP) is 4.03. The summed E-state index contributed by atoms with van der Waals surface area (Å²) in [5.74, 6) is 0.230. The van der Waals surface area contributed by atoms with Crippen LogP contribution in [0.3, 0.4) is 0 Å². The minimum Gasteiger partial charge on any atom is -0.385 e. The number of aryl methyl sites for hydroxylation is 1. The average Bonchev–Trinajstić information content (AvgIpc) is 3.22. The van der Waals surface area contributed by atoms with Gasteiger partial charge in [0.05, 0.1) is 0 Å².